The zero-order valence-electron chi connectivity index (χ0n) is 14.4. The Morgan fingerprint density at radius 2 is 1.86 bits per heavy atom. The molecule has 22 heavy (non-hydrogen) atoms. The molecule has 0 aromatic rings. The smallest absolute Gasteiger partial charge is 0.328 e. The third-order valence-electron chi connectivity index (χ3n) is 4.12. The van der Waals surface area contributed by atoms with Crippen LogP contribution in [0, 0.1) is 5.41 Å². The van der Waals surface area contributed by atoms with Crippen molar-refractivity contribution < 1.29 is 9.90 Å². The number of allylic oxidation sites excluding steroid dienone is 9. The number of carboxylic acids is 1. The van der Waals surface area contributed by atoms with Crippen LogP contribution in [-0.2, 0) is 4.79 Å². The van der Waals surface area contributed by atoms with E-state index in [0.717, 1.165) is 11.1 Å². The van der Waals surface area contributed by atoms with E-state index in [0.29, 0.717) is 0 Å². The zero-order valence-corrected chi connectivity index (χ0v) is 14.4. The molecular formula is C20H28O2. The molecule has 0 heterocycles. The second-order valence-corrected chi connectivity index (χ2v) is 6.76. The summed E-state index contributed by atoms with van der Waals surface area (Å²) in [6, 6.07) is 0. The summed E-state index contributed by atoms with van der Waals surface area (Å²) >= 11 is 0. The first kappa shape index (κ1) is 18.2. The van der Waals surface area contributed by atoms with Crippen LogP contribution in [0.25, 0.3) is 0 Å². The quantitative estimate of drug-likeness (QED) is 0.530. The highest BCUT2D eigenvalue weighted by molar-refractivity contribution is 5.81. The van der Waals surface area contributed by atoms with E-state index in [4.69, 9.17) is 5.11 Å². The van der Waals surface area contributed by atoms with Crippen molar-refractivity contribution in [2.24, 2.45) is 5.41 Å². The van der Waals surface area contributed by atoms with E-state index in [-0.39, 0.29) is 5.41 Å². The highest BCUT2D eigenvalue weighted by atomic mass is 16.4. The molecule has 0 amide bonds. The van der Waals surface area contributed by atoms with Crippen molar-refractivity contribution in [2.75, 3.05) is 0 Å². The van der Waals surface area contributed by atoms with Crippen LogP contribution in [0.15, 0.2) is 58.7 Å². The fourth-order valence-corrected chi connectivity index (χ4v) is 2.88. The minimum Gasteiger partial charge on any atom is -0.478 e. The van der Waals surface area contributed by atoms with Gasteiger partial charge in [-0.1, -0.05) is 55.4 Å². The first-order valence-electron chi connectivity index (χ1n) is 7.87. The predicted octanol–water partition coefficient (Wildman–Crippen LogP) is 5.60. The average Bonchev–Trinajstić information content (AvgIpc) is 2.36. The van der Waals surface area contributed by atoms with Gasteiger partial charge >= 0.3 is 5.97 Å². The first-order valence-corrected chi connectivity index (χ1v) is 7.87. The summed E-state index contributed by atoms with van der Waals surface area (Å²) in [5, 5.41) is 8.65. The van der Waals surface area contributed by atoms with Crippen LogP contribution < -0.4 is 0 Å². The molecule has 1 aliphatic rings. The summed E-state index contributed by atoms with van der Waals surface area (Å²) in [5.74, 6) is -0.912. The first-order chi connectivity index (χ1) is 10.2. The number of hydrogen-bond donors (Lipinski definition) is 1. The number of carboxylic acid groups (broad SMARTS) is 1. The Morgan fingerprint density at radius 1 is 1.18 bits per heavy atom. The zero-order chi connectivity index (χ0) is 16.8. The van der Waals surface area contributed by atoms with Gasteiger partial charge < -0.3 is 5.11 Å². The maximum Gasteiger partial charge on any atom is 0.328 e. The Balaban J connectivity index is 2.79. The van der Waals surface area contributed by atoms with Gasteiger partial charge in [0.25, 0.3) is 0 Å². The van der Waals surface area contributed by atoms with Gasteiger partial charge in [-0.25, -0.2) is 4.79 Å². The van der Waals surface area contributed by atoms with E-state index in [1.165, 1.54) is 36.5 Å². The van der Waals surface area contributed by atoms with Gasteiger partial charge in [0.05, 0.1) is 0 Å². The number of carbonyl (C=O) groups is 1. The monoisotopic (exact) mass is 300 g/mol. The van der Waals surface area contributed by atoms with E-state index in [2.05, 4.69) is 39.8 Å². The highest BCUT2D eigenvalue weighted by Crippen LogP contribution is 2.40. The second kappa shape index (κ2) is 7.98. The van der Waals surface area contributed by atoms with Crippen molar-refractivity contribution in [3.8, 4) is 0 Å². The minimum atomic E-state index is -0.912. The standard InChI is InChI=1S/C20H28O2/c1-15(8-6-9-16(2)14-19(21)22)11-12-18-17(3)10-7-13-20(18,4)5/h6,8-9,11-12,14H,7,10,13H2,1-5H3,(H,21,22)/b9-6+,12-11-,15-8-,16-14+. The Labute approximate surface area is 134 Å². The Morgan fingerprint density at radius 3 is 2.45 bits per heavy atom. The van der Waals surface area contributed by atoms with E-state index >= 15 is 0 Å². The van der Waals surface area contributed by atoms with Gasteiger partial charge in [-0.05, 0) is 56.6 Å². The van der Waals surface area contributed by atoms with Crippen molar-refractivity contribution in [3.05, 3.63) is 58.7 Å². The van der Waals surface area contributed by atoms with Gasteiger partial charge in [0.2, 0.25) is 0 Å². The lowest BCUT2D eigenvalue weighted by Gasteiger charge is -2.32. The number of aliphatic carboxylic acids is 1. The number of rotatable bonds is 5. The fraction of sp³-hybridized carbons (Fsp3) is 0.450. The molecule has 0 aliphatic heterocycles. The minimum absolute atomic E-state index is 0.260. The number of hydrogen-bond acceptors (Lipinski definition) is 1. The topological polar surface area (TPSA) is 37.3 Å². The highest BCUT2D eigenvalue weighted by Gasteiger charge is 2.26. The van der Waals surface area contributed by atoms with Crippen molar-refractivity contribution in [1.29, 1.82) is 0 Å². The van der Waals surface area contributed by atoms with Crippen LogP contribution in [0.5, 0.6) is 0 Å². The predicted molar refractivity (Wildman–Crippen MR) is 93.8 cm³/mol. The summed E-state index contributed by atoms with van der Waals surface area (Å²) in [7, 11) is 0. The third-order valence-corrected chi connectivity index (χ3v) is 4.12. The van der Waals surface area contributed by atoms with Crippen LogP contribution in [-0.4, -0.2) is 11.1 Å². The van der Waals surface area contributed by atoms with E-state index < -0.39 is 5.97 Å². The SMILES string of the molecule is CC1=C(\C=C/C(C)=C\C=C\C(C)=C\C(=O)O)C(C)(C)CCC1. The van der Waals surface area contributed by atoms with Gasteiger partial charge in [-0.3, -0.25) is 0 Å². The van der Waals surface area contributed by atoms with Crippen molar-refractivity contribution in [3.63, 3.8) is 0 Å². The van der Waals surface area contributed by atoms with Gasteiger partial charge in [0.1, 0.15) is 0 Å². The summed E-state index contributed by atoms with van der Waals surface area (Å²) in [5.41, 5.74) is 5.09. The van der Waals surface area contributed by atoms with Crippen LogP contribution >= 0.6 is 0 Å². The Bertz CT molecular complexity index is 567. The van der Waals surface area contributed by atoms with Crippen molar-refractivity contribution in [1.82, 2.24) is 0 Å². The second-order valence-electron chi connectivity index (χ2n) is 6.76. The molecule has 120 valence electrons. The normalized spacial score (nSPS) is 20.2. The van der Waals surface area contributed by atoms with Crippen LogP contribution in [0.3, 0.4) is 0 Å². The molecule has 0 spiro atoms. The molecule has 0 aromatic carbocycles. The molecule has 0 fully saturated rings. The van der Waals surface area contributed by atoms with E-state index in [1.54, 1.807) is 13.0 Å². The van der Waals surface area contributed by atoms with Crippen molar-refractivity contribution in [2.45, 2.75) is 53.9 Å². The summed E-state index contributed by atoms with van der Waals surface area (Å²) in [6.07, 6.45) is 15.0. The largest absolute Gasteiger partial charge is 0.478 e. The molecule has 0 saturated carbocycles. The van der Waals surface area contributed by atoms with Gasteiger partial charge in [0.15, 0.2) is 0 Å². The average molecular weight is 300 g/mol. The lowest BCUT2D eigenvalue weighted by molar-refractivity contribution is -0.131. The molecule has 0 bridgehead atoms. The molecule has 1 aliphatic carbocycles. The van der Waals surface area contributed by atoms with E-state index in [1.807, 2.05) is 12.2 Å². The van der Waals surface area contributed by atoms with Gasteiger partial charge in [-0.15, -0.1) is 0 Å². The summed E-state index contributed by atoms with van der Waals surface area (Å²) < 4.78 is 0. The molecule has 2 nitrogen and oxygen atoms in total. The molecule has 1 rings (SSSR count). The lowest BCUT2D eigenvalue weighted by Crippen LogP contribution is -2.19. The maximum absolute atomic E-state index is 10.5. The molecule has 0 atom stereocenters. The molecule has 0 unspecified atom stereocenters. The Kier molecular flexibility index (Phi) is 6.61. The van der Waals surface area contributed by atoms with Crippen LogP contribution in [0.1, 0.15) is 53.9 Å². The molecule has 0 radical (unpaired) electrons. The molecular weight excluding hydrogens is 272 g/mol. The molecule has 0 aromatic heterocycles. The third kappa shape index (κ3) is 5.88. The van der Waals surface area contributed by atoms with Crippen LogP contribution in [0.2, 0.25) is 0 Å². The molecule has 2 heteroatoms. The van der Waals surface area contributed by atoms with Crippen LogP contribution in [0.4, 0.5) is 0 Å². The maximum atomic E-state index is 10.5. The van der Waals surface area contributed by atoms with Gasteiger partial charge in [-0.2, -0.15) is 0 Å². The van der Waals surface area contributed by atoms with Crippen molar-refractivity contribution >= 4 is 5.97 Å². The molecule has 1 N–H and O–H groups in total. The Hall–Kier alpha value is -1.83. The van der Waals surface area contributed by atoms with Gasteiger partial charge in [0, 0.05) is 6.08 Å². The summed E-state index contributed by atoms with van der Waals surface area (Å²) in [6.45, 7) is 10.7. The molecule has 0 saturated heterocycles. The van der Waals surface area contributed by atoms with E-state index in [9.17, 15) is 4.79 Å². The lowest BCUT2D eigenvalue weighted by atomic mass is 9.72. The fourth-order valence-electron chi connectivity index (χ4n) is 2.88. The summed E-state index contributed by atoms with van der Waals surface area (Å²) in [4.78, 5) is 10.5.